The quantitative estimate of drug-likeness (QED) is 0.680. The summed E-state index contributed by atoms with van der Waals surface area (Å²) in [6.45, 7) is 0. The number of benzodiazepines with no additional fused rings is 1. The van der Waals surface area contributed by atoms with Crippen molar-refractivity contribution in [3.05, 3.63) is 94.8 Å². The van der Waals surface area contributed by atoms with Crippen LogP contribution in [0.25, 0.3) is 0 Å². The van der Waals surface area contributed by atoms with Crippen LogP contribution in [0.15, 0.2) is 78.0 Å². The van der Waals surface area contributed by atoms with Crippen molar-refractivity contribution in [2.45, 2.75) is 6.17 Å². The number of nitrogens with zero attached hydrogens (tertiary/aromatic N) is 3. The van der Waals surface area contributed by atoms with Crippen LogP contribution in [0.4, 0.5) is 5.69 Å². The Balaban J connectivity index is 1.92. The maximum atomic E-state index is 13.3. The van der Waals surface area contributed by atoms with Crippen molar-refractivity contribution in [2.75, 3.05) is 11.9 Å². The molecule has 0 spiro atoms. The minimum Gasteiger partial charge on any atom is -0.366 e. The molecule has 2 N–H and O–H groups in total. The molecule has 2 heterocycles. The average molecular weight is 406 g/mol. The fourth-order valence-corrected chi connectivity index (χ4v) is 3.49. The van der Waals surface area contributed by atoms with Gasteiger partial charge in [0.2, 0.25) is 5.91 Å². The Kier molecular flexibility index (Phi) is 4.86. The Hall–Kier alpha value is -3.51. The zero-order valence-electron chi connectivity index (χ0n) is 15.6. The highest BCUT2D eigenvalue weighted by Gasteiger charge is 2.36. The van der Waals surface area contributed by atoms with E-state index < -0.39 is 12.1 Å². The molecule has 1 unspecified atom stereocenters. The maximum absolute atomic E-state index is 13.3. The van der Waals surface area contributed by atoms with Gasteiger partial charge in [-0.05, 0) is 18.2 Å². The van der Waals surface area contributed by atoms with Gasteiger partial charge in [0.05, 0.1) is 17.0 Å². The van der Waals surface area contributed by atoms with Crippen molar-refractivity contribution in [1.82, 2.24) is 0 Å². The van der Waals surface area contributed by atoms with E-state index in [4.69, 9.17) is 22.3 Å². The number of carbonyl (C=O) groups excluding carboxylic acids is 2. The molecule has 3 aromatic rings. The molecule has 2 amide bonds. The molecule has 144 valence electrons. The van der Waals surface area contributed by atoms with Gasteiger partial charge in [-0.25, -0.2) is 4.99 Å². The average Bonchev–Trinajstić information content (AvgIpc) is 2.84. The van der Waals surface area contributed by atoms with Gasteiger partial charge in [0.15, 0.2) is 12.4 Å². The van der Waals surface area contributed by atoms with Gasteiger partial charge in [0.25, 0.3) is 0 Å². The summed E-state index contributed by atoms with van der Waals surface area (Å²) >= 11 is 6.26. The van der Waals surface area contributed by atoms with Gasteiger partial charge < -0.3 is 10.6 Å². The molecule has 0 radical (unpaired) electrons. The minimum atomic E-state index is -0.844. The summed E-state index contributed by atoms with van der Waals surface area (Å²) in [6.07, 6.45) is 2.42. The van der Waals surface area contributed by atoms with Crippen LogP contribution in [0.5, 0.6) is 0 Å². The van der Waals surface area contributed by atoms with Crippen molar-refractivity contribution in [1.29, 1.82) is 0 Å². The van der Waals surface area contributed by atoms with Crippen LogP contribution in [0.3, 0.4) is 0 Å². The second-order valence-electron chi connectivity index (χ2n) is 6.67. The molecule has 0 saturated carbocycles. The van der Waals surface area contributed by atoms with Crippen LogP contribution in [0.2, 0.25) is 5.02 Å². The largest absolute Gasteiger partial charge is 0.366 e. The molecule has 1 aliphatic heterocycles. The lowest BCUT2D eigenvalue weighted by molar-refractivity contribution is -0.707. The van der Waals surface area contributed by atoms with Crippen LogP contribution in [-0.2, 0) is 4.79 Å². The number of likely N-dealkylation sites (N-methyl/N-ethyl adjacent to an activating group) is 1. The SMILES string of the molecule is CN1C(=O)C([n+]2ccc(C(N)=O)cc2)N=C(c2ccccc2)c2cc(Cl)ccc21. The van der Waals surface area contributed by atoms with Crippen molar-refractivity contribution in [3.8, 4) is 0 Å². The van der Waals surface area contributed by atoms with E-state index in [9.17, 15) is 9.59 Å². The zero-order valence-corrected chi connectivity index (χ0v) is 16.4. The summed E-state index contributed by atoms with van der Waals surface area (Å²) in [5.41, 5.74) is 8.72. The van der Waals surface area contributed by atoms with Gasteiger partial charge in [-0.1, -0.05) is 41.9 Å². The number of nitrogens with two attached hydrogens (primary N) is 1. The Morgan fingerprint density at radius 2 is 1.79 bits per heavy atom. The van der Waals surface area contributed by atoms with Crippen LogP contribution in [0.1, 0.15) is 27.7 Å². The van der Waals surface area contributed by atoms with Gasteiger partial charge >= 0.3 is 12.1 Å². The van der Waals surface area contributed by atoms with Gasteiger partial charge in [0.1, 0.15) is 0 Å². The third-order valence-electron chi connectivity index (χ3n) is 4.84. The number of pyridine rings is 1. The number of aromatic nitrogens is 1. The third-order valence-corrected chi connectivity index (χ3v) is 5.08. The first-order chi connectivity index (χ1) is 14.0. The van der Waals surface area contributed by atoms with Gasteiger partial charge in [-0.15, -0.1) is 0 Å². The number of hydrogen-bond donors (Lipinski definition) is 1. The van der Waals surface area contributed by atoms with Crippen LogP contribution in [0, 0.1) is 0 Å². The molecule has 4 rings (SSSR count). The van der Waals surface area contributed by atoms with E-state index >= 15 is 0 Å². The van der Waals surface area contributed by atoms with E-state index in [1.54, 1.807) is 47.1 Å². The van der Waals surface area contributed by atoms with Gasteiger partial charge in [-0.2, -0.15) is 4.57 Å². The molecule has 7 heteroatoms. The highest BCUT2D eigenvalue weighted by atomic mass is 35.5. The number of rotatable bonds is 3. The summed E-state index contributed by atoms with van der Waals surface area (Å²) in [6, 6.07) is 18.2. The molecule has 0 bridgehead atoms. The smallest absolute Gasteiger partial charge is 0.331 e. The standard InChI is InChI=1S/C22H17ClN4O2/c1-26-18-8-7-16(23)13-17(18)19(14-5-3-2-4-6-14)25-21(22(26)29)27-11-9-15(10-12-27)20(24)28/h2-13,21H,1H3,(H-,24,28)/p+1. The van der Waals surface area contributed by atoms with E-state index in [1.807, 2.05) is 42.5 Å². The third kappa shape index (κ3) is 3.50. The summed E-state index contributed by atoms with van der Waals surface area (Å²) in [4.78, 5) is 31.0. The summed E-state index contributed by atoms with van der Waals surface area (Å²) in [5, 5.41) is 0.560. The molecule has 0 saturated heterocycles. The zero-order chi connectivity index (χ0) is 20.5. The normalized spacial score (nSPS) is 16.1. The summed E-state index contributed by atoms with van der Waals surface area (Å²) < 4.78 is 1.65. The summed E-state index contributed by atoms with van der Waals surface area (Å²) in [7, 11) is 1.71. The van der Waals surface area contributed by atoms with E-state index in [2.05, 4.69) is 0 Å². The number of fused-ring (bicyclic) bond motifs is 1. The lowest BCUT2D eigenvalue weighted by Gasteiger charge is -2.18. The monoisotopic (exact) mass is 405 g/mol. The number of carbonyl (C=O) groups is 2. The lowest BCUT2D eigenvalue weighted by atomic mass is 10.0. The predicted octanol–water partition coefficient (Wildman–Crippen LogP) is 2.74. The Morgan fingerprint density at radius 3 is 2.45 bits per heavy atom. The Bertz CT molecular complexity index is 1130. The number of amides is 2. The summed E-state index contributed by atoms with van der Waals surface area (Å²) in [5.74, 6) is -0.742. The van der Waals surface area contributed by atoms with Crippen molar-refractivity contribution >= 4 is 34.8 Å². The second kappa shape index (κ2) is 7.48. The number of aliphatic imine (C=N–C) groups is 1. The van der Waals surface area contributed by atoms with Crippen molar-refractivity contribution in [2.24, 2.45) is 10.7 Å². The van der Waals surface area contributed by atoms with Gasteiger partial charge in [0, 0.05) is 35.3 Å². The predicted molar refractivity (Wildman–Crippen MR) is 111 cm³/mol. The number of benzene rings is 2. The maximum Gasteiger partial charge on any atom is 0.331 e. The highest BCUT2D eigenvalue weighted by Crippen LogP contribution is 2.31. The van der Waals surface area contributed by atoms with Crippen LogP contribution < -0.4 is 15.2 Å². The molecule has 1 atom stereocenters. The van der Waals surface area contributed by atoms with Crippen molar-refractivity contribution in [3.63, 3.8) is 0 Å². The molecule has 0 fully saturated rings. The van der Waals surface area contributed by atoms with E-state index in [1.165, 1.54) is 0 Å². The highest BCUT2D eigenvalue weighted by molar-refractivity contribution is 6.32. The Labute approximate surface area is 172 Å². The minimum absolute atomic E-state index is 0.212. The number of anilines is 1. The molecule has 1 aliphatic rings. The molecule has 2 aromatic carbocycles. The van der Waals surface area contributed by atoms with Gasteiger partial charge in [-0.3, -0.25) is 9.59 Å². The molecule has 1 aromatic heterocycles. The Morgan fingerprint density at radius 1 is 1.10 bits per heavy atom. The number of halogens is 1. The molecule has 6 nitrogen and oxygen atoms in total. The van der Waals surface area contributed by atoms with Crippen LogP contribution >= 0.6 is 11.6 Å². The van der Waals surface area contributed by atoms with E-state index in [-0.39, 0.29) is 5.91 Å². The second-order valence-corrected chi connectivity index (χ2v) is 7.11. The molecule has 29 heavy (non-hydrogen) atoms. The number of hydrogen-bond acceptors (Lipinski definition) is 3. The van der Waals surface area contributed by atoms with E-state index in [0.717, 1.165) is 16.8 Å². The lowest BCUT2D eigenvalue weighted by Crippen LogP contribution is -2.47. The molecular weight excluding hydrogens is 388 g/mol. The topological polar surface area (TPSA) is 79.6 Å². The van der Waals surface area contributed by atoms with Crippen LogP contribution in [-0.4, -0.2) is 24.6 Å². The fraction of sp³-hybridized carbons (Fsp3) is 0.0909. The first-order valence-corrected chi connectivity index (χ1v) is 9.35. The fourth-order valence-electron chi connectivity index (χ4n) is 3.31. The first kappa shape index (κ1) is 18.8. The van der Waals surface area contributed by atoms with E-state index in [0.29, 0.717) is 16.3 Å². The number of primary amides is 1. The molecular formula is C22H18ClN4O2+. The molecule has 0 aliphatic carbocycles. The van der Waals surface area contributed by atoms with Crippen molar-refractivity contribution < 1.29 is 14.2 Å². The first-order valence-electron chi connectivity index (χ1n) is 8.97.